The normalized spacial score (nSPS) is 18.7. The number of hydrogen-bond donors (Lipinski definition) is 2. The van der Waals surface area contributed by atoms with E-state index in [1.807, 2.05) is 29.1 Å². The second kappa shape index (κ2) is 13.1. The van der Waals surface area contributed by atoms with Crippen molar-refractivity contribution >= 4 is 11.9 Å². The van der Waals surface area contributed by atoms with E-state index >= 15 is 0 Å². The molecule has 0 amide bonds. The van der Waals surface area contributed by atoms with Crippen LogP contribution in [0.1, 0.15) is 38.3 Å². The Hall–Kier alpha value is -3.40. The number of likely N-dealkylation sites (tertiary alicyclic amines) is 1. The van der Waals surface area contributed by atoms with Crippen LogP contribution in [-0.4, -0.2) is 85.6 Å². The monoisotopic (exact) mass is 570 g/mol. The third kappa shape index (κ3) is 10.4. The van der Waals surface area contributed by atoms with Crippen LogP contribution in [0.5, 0.6) is 5.88 Å². The summed E-state index contributed by atoms with van der Waals surface area (Å²) >= 11 is 0. The van der Waals surface area contributed by atoms with Crippen LogP contribution in [0, 0.1) is 0 Å². The number of carboxylic acid groups (broad SMARTS) is 2. The van der Waals surface area contributed by atoms with Crippen molar-refractivity contribution in [1.82, 2.24) is 19.7 Å². The lowest BCUT2D eigenvalue weighted by Crippen LogP contribution is -2.65. The smallest absolute Gasteiger partial charge is 0.475 e. The van der Waals surface area contributed by atoms with Crippen LogP contribution in [0.25, 0.3) is 0 Å². The van der Waals surface area contributed by atoms with Crippen LogP contribution >= 0.6 is 0 Å². The maximum Gasteiger partial charge on any atom is 0.490 e. The second-order valence-corrected chi connectivity index (χ2v) is 9.11. The van der Waals surface area contributed by atoms with Gasteiger partial charge in [0, 0.05) is 62.5 Å². The van der Waals surface area contributed by atoms with Crippen molar-refractivity contribution in [3.8, 4) is 5.88 Å². The largest absolute Gasteiger partial charge is 0.490 e. The van der Waals surface area contributed by atoms with Gasteiger partial charge in [0.25, 0.3) is 0 Å². The lowest BCUT2D eigenvalue weighted by molar-refractivity contribution is -0.193. The van der Waals surface area contributed by atoms with Gasteiger partial charge in [-0.15, -0.1) is 0 Å². The molecule has 39 heavy (non-hydrogen) atoms. The van der Waals surface area contributed by atoms with Crippen molar-refractivity contribution in [1.29, 1.82) is 0 Å². The predicted octanol–water partition coefficient (Wildman–Crippen LogP) is 3.94. The Morgan fingerprint density at radius 2 is 1.72 bits per heavy atom. The zero-order chi connectivity index (χ0) is 29.4. The lowest BCUT2D eigenvalue weighted by Gasteiger charge is -2.53. The van der Waals surface area contributed by atoms with E-state index in [4.69, 9.17) is 29.3 Å². The number of carboxylic acids is 2. The minimum absolute atomic E-state index is 0.0499. The molecular weight excluding hydrogens is 542 g/mol. The molecule has 0 saturated carbocycles. The van der Waals surface area contributed by atoms with E-state index in [-0.39, 0.29) is 11.7 Å². The van der Waals surface area contributed by atoms with Crippen molar-refractivity contribution in [2.24, 2.45) is 0 Å². The highest BCUT2D eigenvalue weighted by Gasteiger charge is 2.48. The van der Waals surface area contributed by atoms with E-state index in [0.29, 0.717) is 11.9 Å². The highest BCUT2D eigenvalue weighted by atomic mass is 19.4. The second-order valence-electron chi connectivity index (χ2n) is 9.11. The molecule has 2 aromatic heterocycles. The van der Waals surface area contributed by atoms with E-state index in [9.17, 15) is 26.3 Å². The Kier molecular flexibility index (Phi) is 10.7. The number of halogens is 6. The van der Waals surface area contributed by atoms with Gasteiger partial charge in [0.15, 0.2) is 0 Å². The van der Waals surface area contributed by atoms with Gasteiger partial charge in [-0.1, -0.05) is 6.07 Å². The number of ether oxygens (including phenoxy) is 2. The summed E-state index contributed by atoms with van der Waals surface area (Å²) in [6.07, 6.45) is -2.23. The molecule has 2 aromatic rings. The van der Waals surface area contributed by atoms with Crippen molar-refractivity contribution in [2.75, 3.05) is 19.7 Å². The Labute approximate surface area is 219 Å². The maximum atomic E-state index is 10.6. The Morgan fingerprint density at radius 1 is 1.13 bits per heavy atom. The van der Waals surface area contributed by atoms with Crippen molar-refractivity contribution in [2.45, 2.75) is 63.3 Å². The Balaban J connectivity index is 0.000000317. The fraction of sp³-hybridized carbons (Fsp3) is 0.565. The summed E-state index contributed by atoms with van der Waals surface area (Å²) in [5.41, 5.74) is 1.21. The summed E-state index contributed by atoms with van der Waals surface area (Å²) in [7, 11) is 0. The number of aliphatic carboxylic acids is 2. The number of hydrogen-bond acceptors (Lipinski definition) is 7. The van der Waals surface area contributed by atoms with Crippen LogP contribution in [0.15, 0.2) is 36.8 Å². The van der Waals surface area contributed by atoms with Gasteiger partial charge in [0.1, 0.15) is 6.10 Å². The molecule has 1 spiro atoms. The van der Waals surface area contributed by atoms with E-state index < -0.39 is 24.3 Å². The number of alkyl halides is 6. The third-order valence-corrected chi connectivity index (χ3v) is 5.47. The van der Waals surface area contributed by atoms with Gasteiger partial charge in [-0.3, -0.25) is 9.58 Å². The van der Waals surface area contributed by atoms with Gasteiger partial charge in [0.2, 0.25) is 5.88 Å². The van der Waals surface area contributed by atoms with Crippen LogP contribution in [0.4, 0.5) is 26.3 Å². The van der Waals surface area contributed by atoms with Crippen LogP contribution < -0.4 is 4.74 Å². The molecule has 4 rings (SSSR count). The Morgan fingerprint density at radius 3 is 2.18 bits per heavy atom. The minimum Gasteiger partial charge on any atom is -0.475 e. The summed E-state index contributed by atoms with van der Waals surface area (Å²) in [6.45, 7) is 7.91. The maximum absolute atomic E-state index is 10.6. The molecule has 218 valence electrons. The average Bonchev–Trinajstić information content (AvgIpc) is 3.28. The van der Waals surface area contributed by atoms with Crippen LogP contribution in [-0.2, 0) is 20.9 Å². The first-order valence-corrected chi connectivity index (χ1v) is 11.6. The predicted molar refractivity (Wildman–Crippen MR) is 122 cm³/mol. The molecule has 16 heteroatoms. The minimum atomic E-state index is -5.08. The summed E-state index contributed by atoms with van der Waals surface area (Å²) in [6, 6.07) is 6.19. The molecule has 2 aliphatic rings. The molecule has 2 saturated heterocycles. The molecule has 4 heterocycles. The zero-order valence-electron chi connectivity index (χ0n) is 20.9. The fourth-order valence-electron chi connectivity index (χ4n) is 3.77. The van der Waals surface area contributed by atoms with Gasteiger partial charge in [0.05, 0.1) is 18.4 Å². The fourth-order valence-corrected chi connectivity index (χ4v) is 3.77. The molecule has 0 bridgehead atoms. The summed E-state index contributed by atoms with van der Waals surface area (Å²) in [4.78, 5) is 24.5. The van der Waals surface area contributed by atoms with Gasteiger partial charge in [-0.25, -0.2) is 14.6 Å². The Bertz CT molecular complexity index is 1050. The molecule has 1 atom stereocenters. The van der Waals surface area contributed by atoms with Gasteiger partial charge >= 0.3 is 24.3 Å². The number of nitrogens with zero attached hydrogens (tertiary/aromatic N) is 4. The number of pyridine rings is 1. The quantitative estimate of drug-likeness (QED) is 0.514. The van der Waals surface area contributed by atoms with E-state index in [2.05, 4.69) is 35.0 Å². The molecule has 0 aliphatic carbocycles. The molecule has 1 unspecified atom stereocenters. The first-order chi connectivity index (χ1) is 18.0. The van der Waals surface area contributed by atoms with Gasteiger partial charge in [-0.2, -0.15) is 31.4 Å². The highest BCUT2D eigenvalue weighted by Crippen LogP contribution is 2.36. The molecule has 2 aliphatic heterocycles. The summed E-state index contributed by atoms with van der Waals surface area (Å²) in [5, 5.41) is 18.7. The lowest BCUT2D eigenvalue weighted by atomic mass is 9.84. The molecule has 0 aromatic carbocycles. The van der Waals surface area contributed by atoms with Gasteiger partial charge in [-0.05, 0) is 19.9 Å². The first kappa shape index (κ1) is 31.8. The SMILES string of the molecule is CC(C)n1cc(CN2CC3(CC(Oc4ccccn4)CCO3)C2)cn1.O=C(O)C(F)(F)F.O=C(O)C(F)(F)F. The number of aromatic nitrogens is 3. The van der Waals surface area contributed by atoms with E-state index in [0.717, 1.165) is 39.1 Å². The van der Waals surface area contributed by atoms with Crippen molar-refractivity contribution in [3.63, 3.8) is 0 Å². The summed E-state index contributed by atoms with van der Waals surface area (Å²) in [5.74, 6) is -4.80. The summed E-state index contributed by atoms with van der Waals surface area (Å²) < 4.78 is 77.6. The average molecular weight is 570 g/mol. The van der Waals surface area contributed by atoms with Crippen LogP contribution in [0.3, 0.4) is 0 Å². The van der Waals surface area contributed by atoms with E-state index in [1.54, 1.807) is 6.20 Å². The first-order valence-electron chi connectivity index (χ1n) is 11.6. The molecule has 0 radical (unpaired) electrons. The number of rotatable bonds is 5. The topological polar surface area (TPSA) is 127 Å². The van der Waals surface area contributed by atoms with Crippen LogP contribution in [0.2, 0.25) is 0 Å². The van der Waals surface area contributed by atoms with Gasteiger partial charge < -0.3 is 19.7 Å². The third-order valence-electron chi connectivity index (χ3n) is 5.47. The highest BCUT2D eigenvalue weighted by molar-refractivity contribution is 5.73. The van der Waals surface area contributed by atoms with E-state index in [1.165, 1.54) is 5.56 Å². The molecule has 10 nitrogen and oxygen atoms in total. The molecule has 2 fully saturated rings. The van der Waals surface area contributed by atoms with Crippen molar-refractivity contribution in [3.05, 3.63) is 42.4 Å². The molecule has 2 N–H and O–H groups in total. The molecular formula is C23H28F6N4O6. The standard InChI is InChI=1S/C19H26N4O2.2C2HF3O2/c1-15(2)23-12-16(10-21-23)11-22-13-19(14-22)9-17(6-8-24-19)25-18-5-3-4-7-20-18;2*3-2(4,5)1(6)7/h3-5,7,10,12,15,17H,6,8-9,11,13-14H2,1-2H3;2*(H,6,7). The van der Waals surface area contributed by atoms with Crippen molar-refractivity contribution < 1.29 is 55.6 Å². The number of carbonyl (C=O) groups is 2. The zero-order valence-corrected chi connectivity index (χ0v) is 20.9.